The highest BCUT2D eigenvalue weighted by molar-refractivity contribution is 5.40. The van der Waals surface area contributed by atoms with E-state index in [1.54, 1.807) is 30.3 Å². The van der Waals surface area contributed by atoms with Crippen molar-refractivity contribution in [2.45, 2.75) is 19.6 Å². The van der Waals surface area contributed by atoms with E-state index in [2.05, 4.69) is 0 Å². The Hall–Kier alpha value is -2.84. The summed E-state index contributed by atoms with van der Waals surface area (Å²) in [4.78, 5) is 0. The largest absolute Gasteiger partial charge is 0.423 e. The number of aryl methyl sites for hydroxylation is 1. The third-order valence-electron chi connectivity index (χ3n) is 4.02. The van der Waals surface area contributed by atoms with E-state index in [0.29, 0.717) is 10.3 Å². The Balaban J connectivity index is 2.19. The molecule has 0 N–H and O–H groups in total. The molecule has 27 heavy (non-hydrogen) atoms. The number of benzene rings is 2. The Morgan fingerprint density at radius 3 is 2.07 bits per heavy atom. The summed E-state index contributed by atoms with van der Waals surface area (Å²) in [6.45, 7) is 1.76. The molecule has 2 nitrogen and oxygen atoms in total. The summed E-state index contributed by atoms with van der Waals surface area (Å²) in [7, 11) is 0. The fraction of sp³-hybridized carbons (Fsp3) is 0.167. The van der Waals surface area contributed by atoms with Gasteiger partial charge in [0.1, 0.15) is 24.0 Å². The molecule has 9 heteroatoms. The fourth-order valence-corrected chi connectivity index (χ4v) is 2.74. The Labute approximate surface area is 149 Å². The van der Waals surface area contributed by atoms with Crippen molar-refractivity contribution in [2.75, 3.05) is 0 Å². The first-order chi connectivity index (χ1) is 12.6. The SMILES string of the molecule is Cc1c[n+](-c2c(F)c(F)c(F)c(F)c2C(F)(F)F)cn1Cc1ccccc1. The van der Waals surface area contributed by atoms with Gasteiger partial charge in [-0.3, -0.25) is 0 Å². The van der Waals surface area contributed by atoms with Gasteiger partial charge in [-0.25, -0.2) is 17.7 Å². The summed E-state index contributed by atoms with van der Waals surface area (Å²) in [6, 6.07) is 8.83. The lowest BCUT2D eigenvalue weighted by molar-refractivity contribution is -0.599. The quantitative estimate of drug-likeness (QED) is 0.266. The van der Waals surface area contributed by atoms with Gasteiger partial charge >= 0.3 is 6.18 Å². The van der Waals surface area contributed by atoms with Crippen molar-refractivity contribution in [3.63, 3.8) is 0 Å². The van der Waals surface area contributed by atoms with Crippen LogP contribution in [0.2, 0.25) is 0 Å². The van der Waals surface area contributed by atoms with Crippen LogP contribution in [0.15, 0.2) is 42.9 Å². The van der Waals surface area contributed by atoms with Crippen molar-refractivity contribution >= 4 is 0 Å². The van der Waals surface area contributed by atoms with Crippen molar-refractivity contribution in [3.8, 4) is 5.69 Å². The Morgan fingerprint density at radius 2 is 1.48 bits per heavy atom. The first-order valence-electron chi connectivity index (χ1n) is 7.66. The minimum Gasteiger partial charge on any atom is -0.230 e. The van der Waals surface area contributed by atoms with Crippen LogP contribution in [0.4, 0.5) is 30.7 Å². The molecule has 0 saturated carbocycles. The number of hydrogen-bond acceptors (Lipinski definition) is 0. The monoisotopic (exact) mass is 389 g/mol. The average Bonchev–Trinajstić information content (AvgIpc) is 2.96. The molecule has 1 heterocycles. The zero-order chi connectivity index (χ0) is 19.9. The first kappa shape index (κ1) is 18.9. The molecule has 0 amide bonds. The van der Waals surface area contributed by atoms with Gasteiger partial charge < -0.3 is 0 Å². The van der Waals surface area contributed by atoms with Crippen molar-refractivity contribution in [3.05, 3.63) is 82.9 Å². The van der Waals surface area contributed by atoms with Crippen molar-refractivity contribution < 1.29 is 35.3 Å². The Bertz CT molecular complexity index is 991. The van der Waals surface area contributed by atoms with E-state index >= 15 is 0 Å². The van der Waals surface area contributed by atoms with Gasteiger partial charge in [0.05, 0.1) is 0 Å². The number of imidazole rings is 1. The summed E-state index contributed by atoms with van der Waals surface area (Å²) in [5, 5.41) is 0. The second kappa shape index (κ2) is 6.71. The van der Waals surface area contributed by atoms with E-state index in [9.17, 15) is 30.7 Å². The Kier molecular flexibility index (Phi) is 4.71. The van der Waals surface area contributed by atoms with Gasteiger partial charge in [-0.05, 0) is 5.56 Å². The lowest BCUT2D eigenvalue weighted by Gasteiger charge is -2.13. The van der Waals surface area contributed by atoms with E-state index in [1.807, 2.05) is 0 Å². The summed E-state index contributed by atoms with van der Waals surface area (Å²) in [5.41, 5.74) is -2.44. The number of aromatic nitrogens is 2. The fourth-order valence-electron chi connectivity index (χ4n) is 2.74. The smallest absolute Gasteiger partial charge is 0.230 e. The first-order valence-corrected chi connectivity index (χ1v) is 7.66. The molecule has 142 valence electrons. The molecule has 0 atom stereocenters. The molecule has 0 spiro atoms. The van der Waals surface area contributed by atoms with Gasteiger partial charge in [-0.1, -0.05) is 30.3 Å². The van der Waals surface area contributed by atoms with Crippen molar-refractivity contribution in [2.24, 2.45) is 0 Å². The van der Waals surface area contributed by atoms with Crippen LogP contribution in [0.25, 0.3) is 5.69 Å². The van der Waals surface area contributed by atoms with E-state index in [4.69, 9.17) is 0 Å². The lowest BCUT2D eigenvalue weighted by Crippen LogP contribution is -2.35. The molecule has 0 aliphatic carbocycles. The maximum Gasteiger partial charge on any atom is 0.423 e. The zero-order valence-corrected chi connectivity index (χ0v) is 13.8. The maximum atomic E-state index is 14.2. The van der Waals surface area contributed by atoms with Crippen molar-refractivity contribution in [1.82, 2.24) is 4.57 Å². The van der Waals surface area contributed by atoms with Gasteiger partial charge in [0.15, 0.2) is 17.3 Å². The molecular weight excluding hydrogens is 377 g/mol. The lowest BCUT2D eigenvalue weighted by atomic mass is 10.1. The molecule has 0 radical (unpaired) electrons. The minimum absolute atomic E-state index is 0.231. The predicted octanol–water partition coefficient (Wildman–Crippen LogP) is 4.70. The van der Waals surface area contributed by atoms with Crippen LogP contribution in [0, 0.1) is 30.2 Å². The van der Waals surface area contributed by atoms with Crippen LogP contribution in [0.1, 0.15) is 16.8 Å². The molecule has 3 aromatic rings. The molecule has 0 fully saturated rings. The van der Waals surface area contributed by atoms with Gasteiger partial charge in [0.2, 0.25) is 18.0 Å². The third-order valence-corrected chi connectivity index (χ3v) is 4.02. The number of alkyl halides is 3. The minimum atomic E-state index is -5.43. The highest BCUT2D eigenvalue weighted by Gasteiger charge is 2.44. The second-order valence-corrected chi connectivity index (χ2v) is 5.88. The van der Waals surface area contributed by atoms with Gasteiger partial charge in [0, 0.05) is 6.92 Å². The predicted molar refractivity (Wildman–Crippen MR) is 81.1 cm³/mol. The third kappa shape index (κ3) is 3.41. The van der Waals surface area contributed by atoms with E-state index < -0.39 is 40.7 Å². The second-order valence-electron chi connectivity index (χ2n) is 5.88. The van der Waals surface area contributed by atoms with E-state index in [0.717, 1.165) is 18.1 Å². The molecular formula is C18H12F7N2+. The number of hydrogen-bond donors (Lipinski definition) is 0. The number of rotatable bonds is 3. The summed E-state index contributed by atoms with van der Waals surface area (Å²) < 4.78 is 96.7. The van der Waals surface area contributed by atoms with Crippen LogP contribution >= 0.6 is 0 Å². The Morgan fingerprint density at radius 1 is 0.889 bits per heavy atom. The molecule has 0 saturated heterocycles. The molecule has 2 aromatic carbocycles. The van der Waals surface area contributed by atoms with Crippen LogP contribution in [-0.2, 0) is 12.7 Å². The highest BCUT2D eigenvalue weighted by atomic mass is 19.4. The standard InChI is InChI=1S/C18H12F7N2/c1-10-7-27(9-26(10)8-11-5-3-2-4-6-11)17-12(18(23,24)25)13(19)14(20)15(21)16(17)22/h2-7,9H,8H2,1H3/q+1. The zero-order valence-electron chi connectivity index (χ0n) is 13.8. The topological polar surface area (TPSA) is 8.81 Å². The van der Waals surface area contributed by atoms with E-state index in [-0.39, 0.29) is 6.54 Å². The van der Waals surface area contributed by atoms with E-state index in [1.165, 1.54) is 11.5 Å². The summed E-state index contributed by atoms with van der Waals surface area (Å²) >= 11 is 0. The molecule has 1 aromatic heterocycles. The summed E-state index contributed by atoms with van der Waals surface area (Å²) in [6.07, 6.45) is -3.29. The van der Waals surface area contributed by atoms with Gasteiger partial charge in [-0.15, -0.1) is 0 Å². The number of halogens is 7. The average molecular weight is 389 g/mol. The molecule has 0 bridgehead atoms. The maximum absolute atomic E-state index is 14.2. The normalized spacial score (nSPS) is 11.9. The highest BCUT2D eigenvalue weighted by Crippen LogP contribution is 2.37. The molecule has 0 aliphatic rings. The molecule has 3 rings (SSSR count). The molecule has 0 aliphatic heterocycles. The van der Waals surface area contributed by atoms with Crippen LogP contribution < -0.4 is 4.57 Å². The van der Waals surface area contributed by atoms with Crippen LogP contribution in [-0.4, -0.2) is 4.57 Å². The van der Waals surface area contributed by atoms with Crippen LogP contribution in [0.5, 0.6) is 0 Å². The van der Waals surface area contributed by atoms with Crippen LogP contribution in [0.3, 0.4) is 0 Å². The van der Waals surface area contributed by atoms with Gasteiger partial charge in [0.25, 0.3) is 0 Å². The van der Waals surface area contributed by atoms with Gasteiger partial charge in [-0.2, -0.15) is 22.1 Å². The number of nitrogens with zero attached hydrogens (tertiary/aromatic N) is 2. The molecule has 0 unspecified atom stereocenters. The summed E-state index contributed by atoms with van der Waals surface area (Å²) in [5.74, 6) is -9.43. The van der Waals surface area contributed by atoms with Crippen molar-refractivity contribution in [1.29, 1.82) is 0 Å².